The molecule has 3 aromatic rings. The van der Waals surface area contributed by atoms with Gasteiger partial charge in [-0.1, -0.05) is 23.2 Å². The number of aromatic nitrogens is 2. The fourth-order valence-corrected chi connectivity index (χ4v) is 3.19. The largest absolute Gasteiger partial charge is 0.295 e. The van der Waals surface area contributed by atoms with Crippen molar-refractivity contribution in [1.82, 2.24) is 9.55 Å². The van der Waals surface area contributed by atoms with Crippen LogP contribution in [0.2, 0.25) is 10.0 Å². The monoisotopic (exact) mass is 406 g/mol. The van der Waals surface area contributed by atoms with Crippen molar-refractivity contribution < 1.29 is 4.39 Å². The number of halogens is 5. The quantitative estimate of drug-likeness (QED) is 0.478. The molecule has 0 aliphatic carbocycles. The summed E-state index contributed by atoms with van der Waals surface area (Å²) in [7, 11) is 0. The van der Waals surface area contributed by atoms with Gasteiger partial charge in [-0.25, -0.2) is 9.37 Å². The zero-order chi connectivity index (χ0) is 15.1. The van der Waals surface area contributed by atoms with Crippen molar-refractivity contribution in [3.8, 4) is 5.69 Å². The molecule has 1 heterocycles. The van der Waals surface area contributed by atoms with E-state index in [1.807, 2.05) is 4.57 Å². The minimum absolute atomic E-state index is 0.179. The number of imidazole rings is 1. The predicted octanol–water partition coefficient (Wildman–Crippen LogP) is 5.97. The third-order valence-corrected chi connectivity index (χ3v) is 4.27. The van der Waals surface area contributed by atoms with E-state index in [9.17, 15) is 4.39 Å². The SMILES string of the molecule is Fc1cc2nc(CCl)n(-c3cc(Cl)cc(Cl)c3)c2cc1Br. The minimum atomic E-state index is -0.377. The average Bonchev–Trinajstić information content (AvgIpc) is 2.75. The van der Waals surface area contributed by atoms with Gasteiger partial charge in [-0.3, -0.25) is 4.57 Å². The van der Waals surface area contributed by atoms with Gasteiger partial charge in [0.1, 0.15) is 11.6 Å². The molecule has 0 spiro atoms. The number of benzene rings is 2. The van der Waals surface area contributed by atoms with E-state index in [1.165, 1.54) is 6.07 Å². The molecule has 0 bridgehead atoms. The number of rotatable bonds is 2. The van der Waals surface area contributed by atoms with Crippen LogP contribution < -0.4 is 0 Å². The number of hydrogen-bond acceptors (Lipinski definition) is 1. The van der Waals surface area contributed by atoms with Gasteiger partial charge >= 0.3 is 0 Å². The molecule has 0 unspecified atom stereocenters. The van der Waals surface area contributed by atoms with Crippen molar-refractivity contribution in [3.05, 3.63) is 56.5 Å². The second-order valence-electron chi connectivity index (χ2n) is 4.38. The molecule has 3 rings (SSSR count). The Kier molecular flexibility index (Phi) is 4.14. The van der Waals surface area contributed by atoms with Crippen LogP contribution in [-0.2, 0) is 5.88 Å². The van der Waals surface area contributed by atoms with Crippen LogP contribution in [0.1, 0.15) is 5.82 Å². The first-order valence-electron chi connectivity index (χ1n) is 5.88. The van der Waals surface area contributed by atoms with Crippen molar-refractivity contribution in [2.24, 2.45) is 0 Å². The molecule has 0 atom stereocenters. The number of nitrogens with zero attached hydrogens (tertiary/aromatic N) is 2. The van der Waals surface area contributed by atoms with Gasteiger partial charge in [-0.15, -0.1) is 11.6 Å². The van der Waals surface area contributed by atoms with Crippen LogP contribution in [0.4, 0.5) is 4.39 Å². The molecule has 2 nitrogen and oxygen atoms in total. The third-order valence-electron chi connectivity index (χ3n) is 2.99. The standard InChI is InChI=1S/C14H7BrCl3FN2/c15-10-4-13-12(5-11(10)19)20-14(6-16)21(13)9-2-7(17)1-8(18)3-9/h1-5H,6H2. The molecule has 0 saturated carbocycles. The maximum Gasteiger partial charge on any atom is 0.139 e. The van der Waals surface area contributed by atoms with Crippen LogP contribution in [0.15, 0.2) is 34.8 Å². The normalized spacial score (nSPS) is 11.3. The molecule has 0 aliphatic heterocycles. The molecule has 0 aliphatic rings. The molecule has 108 valence electrons. The van der Waals surface area contributed by atoms with Gasteiger partial charge in [-0.05, 0) is 40.2 Å². The van der Waals surface area contributed by atoms with Crippen LogP contribution in [0, 0.1) is 5.82 Å². The zero-order valence-corrected chi connectivity index (χ0v) is 14.2. The van der Waals surface area contributed by atoms with Crippen molar-refractivity contribution >= 4 is 61.8 Å². The molecular weight excluding hydrogens is 401 g/mol. The number of hydrogen-bond donors (Lipinski definition) is 0. The Labute approximate surface area is 143 Å². The summed E-state index contributed by atoms with van der Waals surface area (Å²) >= 11 is 21.2. The molecule has 0 fully saturated rings. The van der Waals surface area contributed by atoms with Crippen molar-refractivity contribution in [2.75, 3.05) is 0 Å². The summed E-state index contributed by atoms with van der Waals surface area (Å²) in [6.45, 7) is 0. The smallest absolute Gasteiger partial charge is 0.139 e. The highest BCUT2D eigenvalue weighted by Crippen LogP contribution is 2.30. The van der Waals surface area contributed by atoms with Gasteiger partial charge in [-0.2, -0.15) is 0 Å². The fraction of sp³-hybridized carbons (Fsp3) is 0.0714. The summed E-state index contributed by atoms with van der Waals surface area (Å²) in [6.07, 6.45) is 0. The first kappa shape index (κ1) is 15.1. The molecule has 21 heavy (non-hydrogen) atoms. The van der Waals surface area contributed by atoms with E-state index >= 15 is 0 Å². The minimum Gasteiger partial charge on any atom is -0.295 e. The van der Waals surface area contributed by atoms with Gasteiger partial charge < -0.3 is 0 Å². The van der Waals surface area contributed by atoms with Crippen molar-refractivity contribution in [2.45, 2.75) is 5.88 Å². The molecule has 7 heteroatoms. The van der Waals surface area contributed by atoms with Crippen LogP contribution in [0.5, 0.6) is 0 Å². The maximum absolute atomic E-state index is 13.7. The van der Waals surface area contributed by atoms with E-state index in [2.05, 4.69) is 20.9 Å². The first-order valence-corrected chi connectivity index (χ1v) is 7.96. The summed E-state index contributed by atoms with van der Waals surface area (Å²) < 4.78 is 15.8. The second kappa shape index (κ2) is 5.76. The van der Waals surface area contributed by atoms with E-state index in [1.54, 1.807) is 24.3 Å². The van der Waals surface area contributed by atoms with E-state index in [4.69, 9.17) is 34.8 Å². The molecule has 0 radical (unpaired) electrons. The lowest BCUT2D eigenvalue weighted by atomic mass is 10.2. The van der Waals surface area contributed by atoms with Crippen molar-refractivity contribution in [3.63, 3.8) is 0 Å². The highest BCUT2D eigenvalue weighted by Gasteiger charge is 2.15. The molecular formula is C14H7BrCl3FN2. The highest BCUT2D eigenvalue weighted by molar-refractivity contribution is 9.10. The van der Waals surface area contributed by atoms with Crippen LogP contribution in [0.25, 0.3) is 16.7 Å². The van der Waals surface area contributed by atoms with Crippen LogP contribution in [0.3, 0.4) is 0 Å². The van der Waals surface area contributed by atoms with Crippen LogP contribution in [-0.4, -0.2) is 9.55 Å². The zero-order valence-electron chi connectivity index (χ0n) is 10.4. The van der Waals surface area contributed by atoms with E-state index in [0.29, 0.717) is 25.9 Å². The number of fused-ring (bicyclic) bond motifs is 1. The molecule has 1 aromatic heterocycles. The molecule has 2 aromatic carbocycles. The van der Waals surface area contributed by atoms with E-state index in [-0.39, 0.29) is 11.7 Å². The lowest BCUT2D eigenvalue weighted by molar-refractivity contribution is 0.623. The van der Waals surface area contributed by atoms with Gasteiger partial charge in [0.2, 0.25) is 0 Å². The number of alkyl halides is 1. The van der Waals surface area contributed by atoms with Gasteiger partial charge in [0.25, 0.3) is 0 Å². The topological polar surface area (TPSA) is 17.8 Å². The average molecular weight is 408 g/mol. The lowest BCUT2D eigenvalue weighted by Crippen LogP contribution is -1.99. The summed E-state index contributed by atoms with van der Waals surface area (Å²) in [6, 6.07) is 8.16. The third kappa shape index (κ3) is 2.78. The van der Waals surface area contributed by atoms with E-state index < -0.39 is 0 Å². The Balaban J connectivity index is 2.36. The van der Waals surface area contributed by atoms with Gasteiger partial charge in [0.05, 0.1) is 27.1 Å². The maximum atomic E-state index is 13.7. The van der Waals surface area contributed by atoms with Gasteiger partial charge in [0, 0.05) is 16.1 Å². The molecule has 0 saturated heterocycles. The molecule has 0 N–H and O–H groups in total. The Morgan fingerprint density at radius 1 is 1.10 bits per heavy atom. The Bertz CT molecular complexity index is 828. The summed E-state index contributed by atoms with van der Waals surface area (Å²) in [5, 5.41) is 1.00. The van der Waals surface area contributed by atoms with Crippen molar-refractivity contribution in [1.29, 1.82) is 0 Å². The summed E-state index contributed by atoms with van der Waals surface area (Å²) in [5.41, 5.74) is 1.96. The van der Waals surface area contributed by atoms with Gasteiger partial charge in [0.15, 0.2) is 0 Å². The molecule has 0 amide bonds. The fourth-order valence-electron chi connectivity index (χ4n) is 2.17. The Morgan fingerprint density at radius 2 is 1.76 bits per heavy atom. The Morgan fingerprint density at radius 3 is 2.38 bits per heavy atom. The van der Waals surface area contributed by atoms with E-state index in [0.717, 1.165) is 11.2 Å². The lowest BCUT2D eigenvalue weighted by Gasteiger charge is -2.09. The summed E-state index contributed by atoms with van der Waals surface area (Å²) in [4.78, 5) is 4.35. The Hall–Kier alpha value is -0.810. The second-order valence-corrected chi connectivity index (χ2v) is 6.37. The highest BCUT2D eigenvalue weighted by atomic mass is 79.9. The summed E-state index contributed by atoms with van der Waals surface area (Å²) in [5.74, 6) is 0.387. The predicted molar refractivity (Wildman–Crippen MR) is 88.3 cm³/mol. The first-order chi connectivity index (χ1) is 9.99. The van der Waals surface area contributed by atoms with Crippen LogP contribution >= 0.6 is 50.7 Å².